The molecule has 0 bridgehead atoms. The van der Waals surface area contributed by atoms with Crippen molar-refractivity contribution in [2.24, 2.45) is 5.92 Å². The Kier molecular flexibility index (Phi) is 6.44. The number of aryl methyl sites for hydroxylation is 2. The van der Waals surface area contributed by atoms with E-state index in [-0.39, 0.29) is 11.8 Å². The number of anilines is 1. The summed E-state index contributed by atoms with van der Waals surface area (Å²) in [4.78, 5) is 24.6. The molecule has 7 nitrogen and oxygen atoms in total. The van der Waals surface area contributed by atoms with Gasteiger partial charge in [0.05, 0.1) is 31.3 Å². The first-order valence-corrected chi connectivity index (χ1v) is 11.0. The van der Waals surface area contributed by atoms with Gasteiger partial charge in [-0.2, -0.15) is 0 Å². The third-order valence-corrected chi connectivity index (χ3v) is 6.05. The Morgan fingerprint density at radius 1 is 1.12 bits per heavy atom. The van der Waals surface area contributed by atoms with Gasteiger partial charge in [0.1, 0.15) is 11.5 Å². The van der Waals surface area contributed by atoms with Gasteiger partial charge < -0.3 is 19.7 Å². The monoisotopic (exact) mass is 434 g/mol. The van der Waals surface area contributed by atoms with Crippen LogP contribution in [0.2, 0.25) is 0 Å². The molecule has 4 rings (SSSR count). The lowest BCUT2D eigenvalue weighted by atomic mass is 9.97. The predicted octanol–water partition coefficient (Wildman–Crippen LogP) is 3.80. The number of methoxy groups -OCH3 is 2. The lowest BCUT2D eigenvalue weighted by Crippen LogP contribution is -2.43. The van der Waals surface area contributed by atoms with Crippen molar-refractivity contribution in [1.82, 2.24) is 15.3 Å². The molecule has 1 atom stereocenters. The van der Waals surface area contributed by atoms with Gasteiger partial charge in [0.2, 0.25) is 11.9 Å². The van der Waals surface area contributed by atoms with E-state index in [1.165, 1.54) is 5.56 Å². The highest BCUT2D eigenvalue weighted by atomic mass is 16.5. The van der Waals surface area contributed by atoms with Crippen molar-refractivity contribution >= 4 is 22.8 Å². The summed E-state index contributed by atoms with van der Waals surface area (Å²) in [7, 11) is 3.25. The van der Waals surface area contributed by atoms with Gasteiger partial charge in [-0.3, -0.25) is 4.79 Å². The van der Waals surface area contributed by atoms with E-state index in [0.717, 1.165) is 53.0 Å². The van der Waals surface area contributed by atoms with E-state index in [1.807, 2.05) is 25.1 Å². The molecule has 0 spiro atoms. The van der Waals surface area contributed by atoms with Gasteiger partial charge in [-0.15, -0.1) is 0 Å². The minimum absolute atomic E-state index is 0.0351. The van der Waals surface area contributed by atoms with Gasteiger partial charge in [-0.1, -0.05) is 12.1 Å². The molecular weight excluding hydrogens is 404 g/mol. The van der Waals surface area contributed by atoms with E-state index in [9.17, 15) is 4.79 Å². The maximum Gasteiger partial charge on any atom is 0.226 e. The normalized spacial score (nSPS) is 16.1. The fraction of sp³-hybridized carbons (Fsp3) is 0.400. The average Bonchev–Trinajstić information content (AvgIpc) is 2.82. The minimum Gasteiger partial charge on any atom is -0.497 e. The molecule has 0 aliphatic carbocycles. The molecule has 0 unspecified atom stereocenters. The Hall–Kier alpha value is -3.35. The van der Waals surface area contributed by atoms with Crippen molar-refractivity contribution in [3.63, 3.8) is 0 Å². The Balaban J connectivity index is 1.46. The number of fused-ring (bicyclic) bond motifs is 1. The van der Waals surface area contributed by atoms with Crippen LogP contribution in [0.15, 0.2) is 36.4 Å². The van der Waals surface area contributed by atoms with E-state index in [1.54, 1.807) is 14.2 Å². The Labute approximate surface area is 188 Å². The Bertz CT molecular complexity index is 1130. The number of hydrogen-bond donors (Lipinski definition) is 1. The van der Waals surface area contributed by atoms with Gasteiger partial charge in [0, 0.05) is 30.6 Å². The highest BCUT2D eigenvalue weighted by Gasteiger charge is 2.27. The highest BCUT2D eigenvalue weighted by Crippen LogP contribution is 2.26. The van der Waals surface area contributed by atoms with Crippen molar-refractivity contribution in [2.45, 2.75) is 33.2 Å². The Morgan fingerprint density at radius 3 is 2.75 bits per heavy atom. The zero-order chi connectivity index (χ0) is 22.7. The number of nitrogens with zero attached hydrogens (tertiary/aromatic N) is 3. The molecule has 0 radical (unpaired) electrons. The molecular formula is C25H30N4O3. The predicted molar refractivity (Wildman–Crippen MR) is 125 cm³/mol. The van der Waals surface area contributed by atoms with Crippen molar-refractivity contribution in [3.05, 3.63) is 53.2 Å². The van der Waals surface area contributed by atoms with Crippen LogP contribution in [0.1, 0.15) is 29.7 Å². The van der Waals surface area contributed by atoms with Gasteiger partial charge in [0.15, 0.2) is 0 Å². The van der Waals surface area contributed by atoms with Crippen LogP contribution in [0.4, 0.5) is 5.95 Å². The van der Waals surface area contributed by atoms with Crippen LogP contribution < -0.4 is 19.7 Å². The maximum absolute atomic E-state index is 13.0. The fourth-order valence-electron chi connectivity index (χ4n) is 4.24. The van der Waals surface area contributed by atoms with Crippen LogP contribution in [-0.4, -0.2) is 43.2 Å². The summed E-state index contributed by atoms with van der Waals surface area (Å²) in [6, 6.07) is 11.8. The van der Waals surface area contributed by atoms with Gasteiger partial charge in [0.25, 0.3) is 0 Å². The van der Waals surface area contributed by atoms with Gasteiger partial charge in [-0.05, 0) is 56.5 Å². The first-order valence-electron chi connectivity index (χ1n) is 11.0. The average molecular weight is 435 g/mol. The topological polar surface area (TPSA) is 76.6 Å². The van der Waals surface area contributed by atoms with E-state index in [2.05, 4.69) is 35.3 Å². The second-order valence-electron chi connectivity index (χ2n) is 8.31. The molecule has 1 fully saturated rings. The van der Waals surface area contributed by atoms with Crippen LogP contribution in [0, 0.1) is 19.8 Å². The minimum atomic E-state index is -0.113. The number of nitrogens with one attached hydrogen (secondary N) is 1. The smallest absolute Gasteiger partial charge is 0.226 e. The number of amides is 1. The summed E-state index contributed by atoms with van der Waals surface area (Å²) in [5, 5.41) is 4.14. The summed E-state index contributed by atoms with van der Waals surface area (Å²) >= 11 is 0. The van der Waals surface area contributed by atoms with Crippen LogP contribution in [0.3, 0.4) is 0 Å². The number of carbonyl (C=O) groups excluding carboxylic acids is 1. The van der Waals surface area contributed by atoms with Crippen LogP contribution in [-0.2, 0) is 11.3 Å². The first-order chi connectivity index (χ1) is 15.5. The van der Waals surface area contributed by atoms with E-state index < -0.39 is 0 Å². The van der Waals surface area contributed by atoms with Gasteiger partial charge in [-0.25, -0.2) is 9.97 Å². The zero-order valence-corrected chi connectivity index (χ0v) is 19.1. The number of aromatic nitrogens is 2. The first kappa shape index (κ1) is 21.9. The van der Waals surface area contributed by atoms with Crippen LogP contribution in [0.5, 0.6) is 11.5 Å². The SMILES string of the molecule is COc1ccc(OC)c(CNC(=O)[C@H]2CCCN(c3nc(C)c4ccc(C)cc4n3)C2)c1. The summed E-state index contributed by atoms with van der Waals surface area (Å²) in [6.45, 7) is 5.93. The number of rotatable bonds is 6. The molecule has 7 heteroatoms. The van der Waals surface area contributed by atoms with Crippen LogP contribution >= 0.6 is 0 Å². The number of carbonyl (C=O) groups is 1. The maximum atomic E-state index is 13.0. The molecule has 168 valence electrons. The number of benzene rings is 2. The quantitative estimate of drug-likeness (QED) is 0.636. The lowest BCUT2D eigenvalue weighted by molar-refractivity contribution is -0.125. The largest absolute Gasteiger partial charge is 0.497 e. The standard InChI is InChI=1S/C25H30N4O3/c1-16-7-9-21-17(2)27-25(28-22(21)12-16)29-11-5-6-18(15-29)24(30)26-14-19-13-20(31-3)8-10-23(19)32-4/h7-10,12-13,18H,5-6,11,14-15H2,1-4H3,(H,26,30)/t18-/m0/s1. The number of ether oxygens (including phenoxy) is 2. The molecule has 32 heavy (non-hydrogen) atoms. The molecule has 1 N–H and O–H groups in total. The second-order valence-corrected chi connectivity index (χ2v) is 8.31. The second kappa shape index (κ2) is 9.42. The van der Waals surface area contributed by atoms with Crippen molar-refractivity contribution in [1.29, 1.82) is 0 Å². The molecule has 1 amide bonds. The molecule has 0 saturated carbocycles. The van der Waals surface area contributed by atoms with Gasteiger partial charge >= 0.3 is 0 Å². The van der Waals surface area contributed by atoms with Crippen LogP contribution in [0.25, 0.3) is 10.9 Å². The van der Waals surface area contributed by atoms with E-state index in [0.29, 0.717) is 19.0 Å². The number of piperidine rings is 1. The summed E-state index contributed by atoms with van der Waals surface area (Å²) in [6.07, 6.45) is 1.78. The van der Waals surface area contributed by atoms with E-state index in [4.69, 9.17) is 19.4 Å². The molecule has 1 saturated heterocycles. The highest BCUT2D eigenvalue weighted by molar-refractivity contribution is 5.83. The van der Waals surface area contributed by atoms with Crippen molar-refractivity contribution in [2.75, 3.05) is 32.2 Å². The fourth-order valence-corrected chi connectivity index (χ4v) is 4.24. The molecule has 2 aromatic carbocycles. The molecule has 1 aromatic heterocycles. The Morgan fingerprint density at radius 2 is 1.97 bits per heavy atom. The third-order valence-electron chi connectivity index (χ3n) is 6.05. The molecule has 3 aromatic rings. The third kappa shape index (κ3) is 4.61. The summed E-state index contributed by atoms with van der Waals surface area (Å²) in [5.41, 5.74) is 3.97. The molecule has 1 aliphatic rings. The summed E-state index contributed by atoms with van der Waals surface area (Å²) < 4.78 is 10.7. The molecule has 2 heterocycles. The van der Waals surface area contributed by atoms with E-state index >= 15 is 0 Å². The zero-order valence-electron chi connectivity index (χ0n) is 19.1. The molecule has 1 aliphatic heterocycles. The van der Waals surface area contributed by atoms with Crippen molar-refractivity contribution in [3.8, 4) is 11.5 Å². The van der Waals surface area contributed by atoms with Crippen molar-refractivity contribution < 1.29 is 14.3 Å². The number of hydrogen-bond acceptors (Lipinski definition) is 6. The lowest BCUT2D eigenvalue weighted by Gasteiger charge is -2.32. The summed E-state index contributed by atoms with van der Waals surface area (Å²) in [5.74, 6) is 2.09.